The van der Waals surface area contributed by atoms with Crippen LogP contribution in [0.5, 0.6) is 0 Å². The van der Waals surface area contributed by atoms with Crippen LogP contribution in [0.2, 0.25) is 0 Å². The molecule has 1 aromatic heterocycles. The first-order valence-corrected chi connectivity index (χ1v) is 8.61. The van der Waals surface area contributed by atoms with Gasteiger partial charge in [0.05, 0.1) is 0 Å². The van der Waals surface area contributed by atoms with E-state index in [4.69, 9.17) is 0 Å². The summed E-state index contributed by atoms with van der Waals surface area (Å²) in [6.07, 6.45) is 0. The van der Waals surface area contributed by atoms with Crippen LogP contribution in [0.1, 0.15) is 5.56 Å². The van der Waals surface area contributed by atoms with Crippen molar-refractivity contribution < 1.29 is 19.4 Å². The van der Waals surface area contributed by atoms with Crippen LogP contribution in [0, 0.1) is 16.8 Å². The van der Waals surface area contributed by atoms with Crippen molar-refractivity contribution >= 4 is 11.0 Å². The third kappa shape index (κ3) is 2.44. The van der Waals surface area contributed by atoms with Crippen LogP contribution < -0.4 is 0 Å². The maximum absolute atomic E-state index is 3.34. The zero-order valence-corrected chi connectivity index (χ0v) is 14.9. The minimum absolute atomic E-state index is 1.06. The van der Waals surface area contributed by atoms with E-state index in [1.54, 1.807) is 0 Å². The van der Waals surface area contributed by atoms with E-state index in [0.29, 0.717) is 0 Å². The molecule has 2 nitrogen and oxygen atoms in total. The Morgan fingerprint density at radius 3 is 2.09 bits per heavy atom. The summed E-state index contributed by atoms with van der Waals surface area (Å²) < 4.78 is 5.67. The number of rotatable bonds is 2. The summed E-state index contributed by atoms with van der Waals surface area (Å²) >= 11 is 2.40. The molecule has 0 amide bonds. The predicted molar refractivity (Wildman–Crippen MR) is 89.4 cm³/mol. The van der Waals surface area contributed by atoms with Crippen LogP contribution in [0.4, 0.5) is 0 Å². The number of aromatic nitrogens is 2. The van der Waals surface area contributed by atoms with Gasteiger partial charge in [0.25, 0.3) is 0 Å². The fraction of sp³-hybridized carbons (Fsp3) is 0.0500. The van der Waals surface area contributed by atoms with Crippen molar-refractivity contribution in [2.24, 2.45) is 0 Å². The quantitative estimate of drug-likeness (QED) is 0.373. The van der Waals surface area contributed by atoms with Crippen molar-refractivity contribution in [1.29, 1.82) is 0 Å². The van der Waals surface area contributed by atoms with Crippen molar-refractivity contribution in [2.75, 3.05) is 0 Å². The Kier molecular flexibility index (Phi) is 3.63. The molecule has 0 saturated carbocycles. The molecule has 3 heteroatoms. The number of benzene rings is 3. The summed E-state index contributed by atoms with van der Waals surface area (Å²) in [6, 6.07) is 28.6. The van der Waals surface area contributed by atoms with E-state index in [9.17, 15) is 0 Å². The minimum atomic E-state index is 1.06. The Morgan fingerprint density at radius 2 is 1.43 bits per heavy atom. The third-order valence-corrected chi connectivity index (χ3v) is 4.95. The molecule has 0 saturated heterocycles. The molecule has 23 heavy (non-hydrogen) atoms. The predicted octanol–water partition coefficient (Wildman–Crippen LogP) is 4.61. The van der Waals surface area contributed by atoms with E-state index in [1.807, 2.05) is 18.2 Å². The van der Waals surface area contributed by atoms with Gasteiger partial charge >= 0.3 is 146 Å². The summed E-state index contributed by atoms with van der Waals surface area (Å²) in [5.74, 6) is 0. The standard InChI is InChI=1S/C20H15N2.Pt/c1-16-11-13-18(14-12-16)22-15-21(17-7-3-2-4-8-17)19-9-5-6-10-20(19)22;/h2-7,9-14H,1H3;/q-1;. The van der Waals surface area contributed by atoms with Crippen LogP contribution in [0.3, 0.4) is 0 Å². The first kappa shape index (κ1) is 14.4. The molecule has 0 bridgehead atoms. The maximum atomic E-state index is 3.34. The molecule has 0 atom stereocenters. The van der Waals surface area contributed by atoms with Crippen LogP contribution in [-0.2, 0) is 19.4 Å². The Balaban J connectivity index is 2.09. The molecule has 4 aromatic rings. The molecule has 4 rings (SSSR count). The van der Waals surface area contributed by atoms with Gasteiger partial charge < -0.3 is 0 Å². The molecule has 0 radical (unpaired) electrons. The molecular formula is C20H15N2Pt-. The van der Waals surface area contributed by atoms with Crippen LogP contribution in [0.25, 0.3) is 22.4 Å². The van der Waals surface area contributed by atoms with Gasteiger partial charge in [0.2, 0.25) is 0 Å². The van der Waals surface area contributed by atoms with E-state index in [2.05, 4.69) is 96.1 Å². The number of aryl methyl sites for hydroxylation is 1. The van der Waals surface area contributed by atoms with E-state index in [1.165, 1.54) is 22.3 Å². The van der Waals surface area contributed by atoms with Crippen molar-refractivity contribution in [3.05, 3.63) is 88.2 Å². The fourth-order valence-corrected chi connectivity index (χ4v) is 3.92. The third-order valence-electron chi connectivity index (χ3n) is 3.93. The van der Waals surface area contributed by atoms with Gasteiger partial charge in [0.1, 0.15) is 0 Å². The van der Waals surface area contributed by atoms with Gasteiger partial charge in [-0.1, -0.05) is 0 Å². The van der Waals surface area contributed by atoms with Crippen LogP contribution in [-0.4, -0.2) is 9.13 Å². The van der Waals surface area contributed by atoms with E-state index in [0.717, 1.165) is 9.49 Å². The molecule has 0 aliphatic carbocycles. The molecule has 0 fully saturated rings. The summed E-state index contributed by atoms with van der Waals surface area (Å²) in [5, 5.41) is 0. The van der Waals surface area contributed by atoms with E-state index in [-0.39, 0.29) is 0 Å². The molecule has 0 N–H and O–H groups in total. The van der Waals surface area contributed by atoms with Gasteiger partial charge in [-0.15, -0.1) is 0 Å². The Hall–Kier alpha value is -2.18. The second-order valence-corrected chi connectivity index (χ2v) is 6.50. The molecule has 116 valence electrons. The molecule has 0 aliphatic rings. The van der Waals surface area contributed by atoms with E-state index < -0.39 is 0 Å². The van der Waals surface area contributed by atoms with Crippen molar-refractivity contribution in [1.82, 2.24) is 9.13 Å². The normalized spacial score (nSPS) is 11.1. The van der Waals surface area contributed by atoms with Gasteiger partial charge in [0, 0.05) is 0 Å². The number of hydrogen-bond acceptors (Lipinski definition) is 0. The van der Waals surface area contributed by atoms with Crippen LogP contribution in [0.15, 0.2) is 72.8 Å². The molecule has 1 heterocycles. The fourth-order valence-electron chi connectivity index (χ4n) is 2.80. The summed E-state index contributed by atoms with van der Waals surface area (Å²) in [5.41, 5.74) is 5.87. The average Bonchev–Trinajstić information content (AvgIpc) is 2.88. The zero-order chi connectivity index (χ0) is 15.8. The van der Waals surface area contributed by atoms with Gasteiger partial charge in [0.15, 0.2) is 0 Å². The first-order valence-electron chi connectivity index (χ1n) is 7.48. The molecule has 0 spiro atoms. The number of para-hydroxylation sites is 3. The number of hydrogen-bond donors (Lipinski definition) is 0. The van der Waals surface area contributed by atoms with Crippen molar-refractivity contribution in [3.63, 3.8) is 0 Å². The topological polar surface area (TPSA) is 9.86 Å². The summed E-state index contributed by atoms with van der Waals surface area (Å²) in [7, 11) is 0. The van der Waals surface area contributed by atoms with Gasteiger partial charge in [-0.3, -0.25) is 0 Å². The van der Waals surface area contributed by atoms with Crippen LogP contribution >= 0.6 is 0 Å². The van der Waals surface area contributed by atoms with Crippen molar-refractivity contribution in [2.45, 2.75) is 6.92 Å². The number of nitrogens with zero attached hydrogens (tertiary/aromatic N) is 2. The van der Waals surface area contributed by atoms with Gasteiger partial charge in [-0.25, -0.2) is 0 Å². The molecular weight excluding hydrogens is 463 g/mol. The van der Waals surface area contributed by atoms with Crippen molar-refractivity contribution in [3.8, 4) is 11.4 Å². The monoisotopic (exact) mass is 478 g/mol. The second-order valence-electron chi connectivity index (χ2n) is 5.48. The zero-order valence-electron chi connectivity index (χ0n) is 12.6. The summed E-state index contributed by atoms with van der Waals surface area (Å²) in [6.45, 7) is 2.11. The van der Waals surface area contributed by atoms with E-state index >= 15 is 0 Å². The number of imidazole rings is 1. The summed E-state index contributed by atoms with van der Waals surface area (Å²) in [4.78, 5) is 0. The average molecular weight is 478 g/mol. The molecule has 0 aliphatic heterocycles. The Morgan fingerprint density at radius 1 is 0.783 bits per heavy atom. The number of fused-ring (bicyclic) bond motifs is 1. The Bertz CT molecular complexity index is 1020. The molecule has 3 aromatic carbocycles. The second kappa shape index (κ2) is 5.79. The SMILES string of the molecule is Cc1ccc(-n2[c](=[Pt])n(-c3[c-]cccc3)c3ccccc32)cc1. The molecule has 0 unspecified atom stereocenters. The first-order chi connectivity index (χ1) is 11.3. The van der Waals surface area contributed by atoms with Gasteiger partial charge in [-0.2, -0.15) is 0 Å². The van der Waals surface area contributed by atoms with Gasteiger partial charge in [-0.05, 0) is 0 Å². The Labute approximate surface area is 146 Å².